The average molecular weight is 319 g/mol. The van der Waals surface area contributed by atoms with Crippen LogP contribution in [0.2, 0.25) is 0 Å². The highest BCUT2D eigenvalue weighted by molar-refractivity contribution is 9.10. The first kappa shape index (κ1) is 14.1. The van der Waals surface area contributed by atoms with Gasteiger partial charge in [-0.25, -0.2) is 0 Å². The summed E-state index contributed by atoms with van der Waals surface area (Å²) in [6.45, 7) is 4.20. The highest BCUT2D eigenvalue weighted by atomic mass is 79.9. The number of hydrogen-bond acceptors (Lipinski definition) is 1. The van der Waals surface area contributed by atoms with Crippen molar-refractivity contribution in [2.45, 2.75) is 20.3 Å². The quantitative estimate of drug-likeness (QED) is 0.734. The van der Waals surface area contributed by atoms with Gasteiger partial charge in [-0.1, -0.05) is 51.9 Å². The van der Waals surface area contributed by atoms with Crippen molar-refractivity contribution in [1.82, 2.24) is 0 Å². The molecule has 0 saturated heterocycles. The van der Waals surface area contributed by atoms with E-state index in [2.05, 4.69) is 72.3 Å². The Morgan fingerprint density at radius 1 is 1.32 bits per heavy atom. The summed E-state index contributed by atoms with van der Waals surface area (Å²) in [6.07, 6.45) is 12.2. The Hall–Kier alpha value is -1.28. The fourth-order valence-corrected chi connectivity index (χ4v) is 2.86. The lowest BCUT2D eigenvalue weighted by Gasteiger charge is -2.12. The van der Waals surface area contributed by atoms with Crippen molar-refractivity contribution in [3.63, 3.8) is 0 Å². The van der Waals surface area contributed by atoms with Crippen LogP contribution in [0.15, 0.2) is 46.5 Å². The first-order valence-electron chi connectivity index (χ1n) is 6.47. The smallest absolute Gasteiger partial charge is 0.129 e. The minimum atomic E-state index is 0.479. The van der Waals surface area contributed by atoms with Crippen molar-refractivity contribution in [3.8, 4) is 5.75 Å². The largest absolute Gasteiger partial charge is 0.496 e. The van der Waals surface area contributed by atoms with E-state index in [4.69, 9.17) is 4.74 Å². The number of methoxy groups -OCH3 is 1. The fourth-order valence-electron chi connectivity index (χ4n) is 2.27. The molecule has 0 heterocycles. The van der Waals surface area contributed by atoms with Crippen molar-refractivity contribution in [2.24, 2.45) is 5.92 Å². The third-order valence-electron chi connectivity index (χ3n) is 3.31. The Morgan fingerprint density at radius 3 is 2.74 bits per heavy atom. The summed E-state index contributed by atoms with van der Waals surface area (Å²) in [5.41, 5.74) is 3.61. The van der Waals surface area contributed by atoms with Gasteiger partial charge in [0.2, 0.25) is 0 Å². The first-order chi connectivity index (χ1) is 9.10. The van der Waals surface area contributed by atoms with E-state index in [9.17, 15) is 0 Å². The Morgan fingerprint density at radius 2 is 2.11 bits per heavy atom. The molecule has 1 aromatic rings. The molecule has 2 rings (SSSR count). The molecule has 1 atom stereocenters. The zero-order valence-corrected chi connectivity index (χ0v) is 13.2. The molecule has 2 heteroatoms. The van der Waals surface area contributed by atoms with Crippen LogP contribution in [0.3, 0.4) is 0 Å². The number of benzene rings is 1. The van der Waals surface area contributed by atoms with Gasteiger partial charge in [-0.3, -0.25) is 0 Å². The summed E-state index contributed by atoms with van der Waals surface area (Å²) < 4.78 is 6.57. The molecular formula is C17H19BrO. The van der Waals surface area contributed by atoms with E-state index in [0.717, 1.165) is 27.8 Å². The maximum Gasteiger partial charge on any atom is 0.129 e. The Kier molecular flexibility index (Phi) is 4.65. The predicted octanol–water partition coefficient (Wildman–Crippen LogP) is 5.30. The highest BCUT2D eigenvalue weighted by Gasteiger charge is 2.07. The van der Waals surface area contributed by atoms with Gasteiger partial charge in [-0.2, -0.15) is 0 Å². The highest BCUT2D eigenvalue weighted by Crippen LogP contribution is 2.29. The van der Waals surface area contributed by atoms with Crippen LogP contribution < -0.4 is 4.74 Å². The average Bonchev–Trinajstić information content (AvgIpc) is 2.37. The van der Waals surface area contributed by atoms with Crippen LogP contribution in [0.4, 0.5) is 0 Å². The standard InChI is InChI=1S/C17H19BrO/c1-12-4-6-14(7-5-12)8-9-15-11-16(18)10-13(2)17(15)19-3/h4-6,8-11,14H,7H2,1-3H3. The summed E-state index contributed by atoms with van der Waals surface area (Å²) in [7, 11) is 1.72. The molecule has 0 N–H and O–H groups in total. The molecule has 0 aromatic heterocycles. The van der Waals surface area contributed by atoms with Crippen LogP contribution >= 0.6 is 15.9 Å². The molecule has 1 aliphatic rings. The molecule has 0 bridgehead atoms. The van der Waals surface area contributed by atoms with E-state index in [1.807, 2.05) is 0 Å². The van der Waals surface area contributed by atoms with E-state index < -0.39 is 0 Å². The number of rotatable bonds is 3. The van der Waals surface area contributed by atoms with E-state index >= 15 is 0 Å². The zero-order valence-electron chi connectivity index (χ0n) is 11.6. The van der Waals surface area contributed by atoms with Crippen LogP contribution in [-0.2, 0) is 0 Å². The van der Waals surface area contributed by atoms with Crippen molar-refractivity contribution in [3.05, 3.63) is 57.6 Å². The van der Waals surface area contributed by atoms with Crippen molar-refractivity contribution >= 4 is 22.0 Å². The normalized spacial score (nSPS) is 18.7. The lowest BCUT2D eigenvalue weighted by molar-refractivity contribution is 0.410. The summed E-state index contributed by atoms with van der Waals surface area (Å²) >= 11 is 3.54. The van der Waals surface area contributed by atoms with Crippen LogP contribution in [0.25, 0.3) is 6.08 Å². The maximum absolute atomic E-state index is 5.49. The second-order valence-electron chi connectivity index (χ2n) is 4.91. The summed E-state index contributed by atoms with van der Waals surface area (Å²) in [5.74, 6) is 1.43. The Bertz CT molecular complexity index is 553. The molecule has 1 unspecified atom stereocenters. The Labute approximate surface area is 123 Å². The molecule has 0 amide bonds. The number of halogens is 1. The van der Waals surface area contributed by atoms with Crippen LogP contribution in [0, 0.1) is 12.8 Å². The van der Waals surface area contributed by atoms with Crippen LogP contribution in [0.5, 0.6) is 5.75 Å². The van der Waals surface area contributed by atoms with Crippen molar-refractivity contribution in [2.75, 3.05) is 7.11 Å². The lowest BCUT2D eigenvalue weighted by Crippen LogP contribution is -1.95. The number of allylic oxidation sites excluding steroid dienone is 5. The van der Waals surface area contributed by atoms with Gasteiger partial charge in [0.1, 0.15) is 5.75 Å². The van der Waals surface area contributed by atoms with Gasteiger partial charge < -0.3 is 4.74 Å². The molecule has 0 spiro atoms. The first-order valence-corrected chi connectivity index (χ1v) is 7.26. The molecule has 0 saturated carbocycles. The summed E-state index contributed by atoms with van der Waals surface area (Å²) in [6, 6.07) is 4.17. The van der Waals surface area contributed by atoms with Crippen molar-refractivity contribution < 1.29 is 4.74 Å². The van der Waals surface area contributed by atoms with Gasteiger partial charge in [-0.15, -0.1) is 0 Å². The number of hydrogen-bond donors (Lipinski definition) is 0. The van der Waals surface area contributed by atoms with E-state index in [0.29, 0.717) is 5.92 Å². The molecular weight excluding hydrogens is 300 g/mol. The summed E-state index contributed by atoms with van der Waals surface area (Å²) in [5, 5.41) is 0. The molecule has 100 valence electrons. The topological polar surface area (TPSA) is 9.23 Å². The molecule has 1 aliphatic carbocycles. The second-order valence-corrected chi connectivity index (χ2v) is 5.83. The molecule has 0 aliphatic heterocycles. The van der Waals surface area contributed by atoms with E-state index in [1.165, 1.54) is 5.57 Å². The molecule has 19 heavy (non-hydrogen) atoms. The van der Waals surface area contributed by atoms with E-state index in [-0.39, 0.29) is 0 Å². The monoisotopic (exact) mass is 318 g/mol. The van der Waals surface area contributed by atoms with Gasteiger partial charge in [-0.05, 0) is 43.9 Å². The SMILES string of the molecule is COc1c(C)cc(Br)cc1C=CC1C=CC(C)=CC1. The van der Waals surface area contributed by atoms with Gasteiger partial charge in [0.05, 0.1) is 7.11 Å². The van der Waals surface area contributed by atoms with Crippen molar-refractivity contribution in [1.29, 1.82) is 0 Å². The fraction of sp³-hybridized carbons (Fsp3) is 0.294. The second kappa shape index (κ2) is 6.25. The molecule has 1 nitrogen and oxygen atoms in total. The lowest BCUT2D eigenvalue weighted by atomic mass is 9.96. The zero-order chi connectivity index (χ0) is 13.8. The molecule has 0 fully saturated rings. The van der Waals surface area contributed by atoms with Gasteiger partial charge in [0.15, 0.2) is 0 Å². The van der Waals surface area contributed by atoms with E-state index in [1.54, 1.807) is 7.11 Å². The van der Waals surface area contributed by atoms with Crippen LogP contribution in [-0.4, -0.2) is 7.11 Å². The van der Waals surface area contributed by atoms with Crippen LogP contribution in [0.1, 0.15) is 24.5 Å². The predicted molar refractivity (Wildman–Crippen MR) is 85.5 cm³/mol. The number of aryl methyl sites for hydroxylation is 1. The van der Waals surface area contributed by atoms with Gasteiger partial charge >= 0.3 is 0 Å². The van der Waals surface area contributed by atoms with Gasteiger partial charge in [0.25, 0.3) is 0 Å². The minimum absolute atomic E-state index is 0.479. The third kappa shape index (κ3) is 3.60. The number of ether oxygens (including phenoxy) is 1. The minimum Gasteiger partial charge on any atom is -0.496 e. The maximum atomic E-state index is 5.49. The van der Waals surface area contributed by atoms with Gasteiger partial charge in [0, 0.05) is 10.0 Å². The molecule has 1 aromatic carbocycles. The third-order valence-corrected chi connectivity index (χ3v) is 3.77. The molecule has 0 radical (unpaired) electrons. The Balaban J connectivity index is 2.21. The summed E-state index contributed by atoms with van der Waals surface area (Å²) in [4.78, 5) is 0.